The number of nitrogens with zero attached hydrogens (tertiary/aromatic N) is 2. The lowest BCUT2D eigenvalue weighted by Crippen LogP contribution is -2.43. The molecule has 0 saturated carbocycles. The van der Waals surface area contributed by atoms with Gasteiger partial charge in [0.25, 0.3) is 0 Å². The minimum atomic E-state index is -0.0935. The van der Waals surface area contributed by atoms with Crippen LogP contribution >= 0.6 is 15.9 Å². The lowest BCUT2D eigenvalue weighted by Gasteiger charge is -2.22. The number of hydrogen-bond acceptors (Lipinski definition) is 3. The van der Waals surface area contributed by atoms with Crippen molar-refractivity contribution >= 4 is 27.8 Å². The Kier molecular flexibility index (Phi) is 8.13. The van der Waals surface area contributed by atoms with Gasteiger partial charge in [0.05, 0.1) is 13.7 Å². The van der Waals surface area contributed by atoms with Gasteiger partial charge in [-0.25, -0.2) is 0 Å². The van der Waals surface area contributed by atoms with Gasteiger partial charge in [-0.1, -0.05) is 40.2 Å². The molecule has 0 aliphatic heterocycles. The third kappa shape index (κ3) is 6.94. The number of nitrogens with one attached hydrogen (secondary N) is 2. The molecular weight excluding hydrogens is 408 g/mol. The van der Waals surface area contributed by atoms with Crippen molar-refractivity contribution in [1.29, 1.82) is 0 Å². The number of carbonyl (C=O) groups excluding carboxylic acids is 1. The number of carbonyl (C=O) groups is 1. The average Bonchev–Trinajstić information content (AvgIpc) is 2.69. The van der Waals surface area contributed by atoms with Gasteiger partial charge in [-0.3, -0.25) is 9.79 Å². The van der Waals surface area contributed by atoms with Crippen LogP contribution in [0.2, 0.25) is 0 Å². The number of methoxy groups -OCH3 is 1. The summed E-state index contributed by atoms with van der Waals surface area (Å²) < 4.78 is 6.17. The number of rotatable bonds is 7. The van der Waals surface area contributed by atoms with Crippen molar-refractivity contribution in [3.63, 3.8) is 0 Å². The van der Waals surface area contributed by atoms with Gasteiger partial charge in [-0.05, 0) is 35.4 Å². The van der Waals surface area contributed by atoms with Crippen molar-refractivity contribution in [3.05, 3.63) is 64.1 Å². The zero-order valence-corrected chi connectivity index (χ0v) is 17.4. The number of aliphatic imine (C=N–C) groups is 1. The van der Waals surface area contributed by atoms with Gasteiger partial charge < -0.3 is 20.3 Å². The molecule has 0 unspecified atom stereocenters. The fourth-order valence-corrected chi connectivity index (χ4v) is 2.75. The van der Waals surface area contributed by atoms with E-state index in [2.05, 4.69) is 43.7 Å². The minimum absolute atomic E-state index is 0.0935. The smallest absolute Gasteiger partial charge is 0.239 e. The predicted molar refractivity (Wildman–Crippen MR) is 112 cm³/mol. The highest BCUT2D eigenvalue weighted by Crippen LogP contribution is 2.12. The maximum Gasteiger partial charge on any atom is 0.239 e. The number of ether oxygens (including phenoxy) is 1. The van der Waals surface area contributed by atoms with Crippen LogP contribution in [0.4, 0.5) is 0 Å². The fourth-order valence-electron chi connectivity index (χ4n) is 2.49. The molecule has 2 aromatic carbocycles. The Morgan fingerprint density at radius 1 is 1.07 bits per heavy atom. The summed E-state index contributed by atoms with van der Waals surface area (Å²) in [5.41, 5.74) is 2.17. The molecule has 0 spiro atoms. The number of halogens is 1. The molecule has 0 radical (unpaired) electrons. The van der Waals surface area contributed by atoms with E-state index in [1.807, 2.05) is 48.3 Å². The molecule has 6 nitrogen and oxygen atoms in total. The normalized spacial score (nSPS) is 11.0. The summed E-state index contributed by atoms with van der Waals surface area (Å²) in [7, 11) is 5.27. The molecule has 0 bridgehead atoms. The molecule has 0 aliphatic carbocycles. The van der Waals surface area contributed by atoms with Crippen LogP contribution in [0.25, 0.3) is 0 Å². The Hall–Kier alpha value is -2.54. The Morgan fingerprint density at radius 3 is 2.30 bits per heavy atom. The monoisotopic (exact) mass is 432 g/mol. The van der Waals surface area contributed by atoms with Crippen LogP contribution < -0.4 is 15.4 Å². The van der Waals surface area contributed by atoms with E-state index in [1.165, 1.54) is 0 Å². The molecule has 0 atom stereocenters. The number of benzene rings is 2. The first-order chi connectivity index (χ1) is 13.0. The number of amides is 1. The first-order valence-corrected chi connectivity index (χ1v) is 9.37. The van der Waals surface area contributed by atoms with Crippen LogP contribution in [0.15, 0.2) is 58.0 Å². The van der Waals surface area contributed by atoms with E-state index in [1.54, 1.807) is 14.2 Å². The molecule has 2 rings (SSSR count). The molecule has 7 heteroatoms. The van der Waals surface area contributed by atoms with Gasteiger partial charge in [-0.2, -0.15) is 0 Å². The largest absolute Gasteiger partial charge is 0.497 e. The summed E-state index contributed by atoms with van der Waals surface area (Å²) in [6.45, 7) is 1.33. The summed E-state index contributed by atoms with van der Waals surface area (Å²) in [5, 5.41) is 5.98. The topological polar surface area (TPSA) is 66.0 Å². The Labute approximate surface area is 168 Å². The van der Waals surface area contributed by atoms with Crippen molar-refractivity contribution in [1.82, 2.24) is 15.5 Å². The number of guanidine groups is 1. The summed E-state index contributed by atoms with van der Waals surface area (Å²) in [6, 6.07) is 15.7. The molecule has 144 valence electrons. The summed E-state index contributed by atoms with van der Waals surface area (Å²) in [6.07, 6.45) is 0. The van der Waals surface area contributed by atoms with E-state index in [4.69, 9.17) is 4.74 Å². The molecule has 2 N–H and O–H groups in total. The highest BCUT2D eigenvalue weighted by molar-refractivity contribution is 9.10. The first-order valence-electron chi connectivity index (χ1n) is 8.57. The van der Waals surface area contributed by atoms with E-state index < -0.39 is 0 Å². The highest BCUT2D eigenvalue weighted by Gasteiger charge is 2.09. The van der Waals surface area contributed by atoms with Crippen molar-refractivity contribution in [3.8, 4) is 5.75 Å². The lowest BCUT2D eigenvalue weighted by molar-refractivity contribution is -0.120. The van der Waals surface area contributed by atoms with Crippen LogP contribution in [0, 0.1) is 0 Å². The summed E-state index contributed by atoms with van der Waals surface area (Å²) in [5.74, 6) is 1.37. The maximum atomic E-state index is 12.1. The molecule has 0 heterocycles. The zero-order chi connectivity index (χ0) is 19.6. The Balaban J connectivity index is 1.78. The molecule has 27 heavy (non-hydrogen) atoms. The second kappa shape index (κ2) is 10.6. The molecule has 0 saturated heterocycles. The second-order valence-electron chi connectivity index (χ2n) is 6.01. The van der Waals surface area contributed by atoms with Crippen LogP contribution in [-0.2, 0) is 17.9 Å². The lowest BCUT2D eigenvalue weighted by atomic mass is 10.2. The molecular formula is C20H25BrN4O2. The van der Waals surface area contributed by atoms with E-state index in [0.29, 0.717) is 19.0 Å². The molecule has 0 fully saturated rings. The SMILES string of the molecule is CN=C(NCC(=O)NCc1ccc(OC)cc1)N(C)Cc1ccc(Br)cc1. The average molecular weight is 433 g/mol. The third-order valence-electron chi connectivity index (χ3n) is 3.96. The van der Waals surface area contributed by atoms with Crippen molar-refractivity contribution in [2.24, 2.45) is 4.99 Å². The van der Waals surface area contributed by atoms with Crippen molar-refractivity contribution in [2.75, 3.05) is 27.7 Å². The standard InChI is InChI=1S/C20H25BrN4O2/c1-22-20(25(2)14-16-4-8-17(21)9-5-16)24-13-19(26)23-12-15-6-10-18(27-3)11-7-15/h4-11H,12-14H2,1-3H3,(H,22,24)(H,23,26). The molecule has 0 aromatic heterocycles. The van der Waals surface area contributed by atoms with Gasteiger partial charge in [0.1, 0.15) is 5.75 Å². The van der Waals surface area contributed by atoms with Gasteiger partial charge in [0.15, 0.2) is 5.96 Å². The van der Waals surface area contributed by atoms with Gasteiger partial charge in [0.2, 0.25) is 5.91 Å². The van der Waals surface area contributed by atoms with E-state index in [9.17, 15) is 4.79 Å². The van der Waals surface area contributed by atoms with Gasteiger partial charge in [0, 0.05) is 31.7 Å². The Morgan fingerprint density at radius 2 is 1.70 bits per heavy atom. The number of hydrogen-bond donors (Lipinski definition) is 2. The highest BCUT2D eigenvalue weighted by atomic mass is 79.9. The molecule has 1 amide bonds. The van der Waals surface area contributed by atoms with E-state index in [-0.39, 0.29) is 12.5 Å². The summed E-state index contributed by atoms with van der Waals surface area (Å²) in [4.78, 5) is 18.3. The molecule has 0 aliphatic rings. The zero-order valence-electron chi connectivity index (χ0n) is 15.8. The van der Waals surface area contributed by atoms with Crippen LogP contribution in [-0.4, -0.2) is 44.5 Å². The summed E-state index contributed by atoms with van der Waals surface area (Å²) >= 11 is 3.43. The second-order valence-corrected chi connectivity index (χ2v) is 6.92. The van der Waals surface area contributed by atoms with Crippen molar-refractivity contribution < 1.29 is 9.53 Å². The van der Waals surface area contributed by atoms with Gasteiger partial charge >= 0.3 is 0 Å². The first kappa shape index (κ1) is 20.8. The van der Waals surface area contributed by atoms with Crippen LogP contribution in [0.5, 0.6) is 5.75 Å². The van der Waals surface area contributed by atoms with E-state index >= 15 is 0 Å². The fraction of sp³-hybridized carbons (Fsp3) is 0.300. The minimum Gasteiger partial charge on any atom is -0.497 e. The third-order valence-corrected chi connectivity index (χ3v) is 4.49. The maximum absolute atomic E-state index is 12.1. The van der Waals surface area contributed by atoms with Gasteiger partial charge in [-0.15, -0.1) is 0 Å². The van der Waals surface area contributed by atoms with Crippen LogP contribution in [0.1, 0.15) is 11.1 Å². The van der Waals surface area contributed by atoms with Crippen molar-refractivity contribution in [2.45, 2.75) is 13.1 Å². The molecule has 2 aromatic rings. The Bertz CT molecular complexity index is 761. The van der Waals surface area contributed by atoms with E-state index in [0.717, 1.165) is 21.3 Å². The van der Waals surface area contributed by atoms with Crippen LogP contribution in [0.3, 0.4) is 0 Å². The quantitative estimate of drug-likeness (QED) is 0.521. The predicted octanol–water partition coefficient (Wildman–Crippen LogP) is 2.78.